The van der Waals surface area contributed by atoms with Crippen molar-refractivity contribution in [1.29, 1.82) is 0 Å². The van der Waals surface area contributed by atoms with Crippen LogP contribution in [0.15, 0.2) is 60.2 Å². The maximum absolute atomic E-state index is 6.46. The molecule has 0 bridgehead atoms. The molecule has 7 heteroatoms. The van der Waals surface area contributed by atoms with Crippen LogP contribution in [0.5, 0.6) is 0 Å². The molecule has 38 heavy (non-hydrogen) atoms. The first-order valence-electron chi connectivity index (χ1n) is 14.0. The van der Waals surface area contributed by atoms with Crippen molar-refractivity contribution < 1.29 is 4.74 Å². The number of hydrogen-bond acceptors (Lipinski definition) is 7. The molecule has 198 valence electrons. The van der Waals surface area contributed by atoms with Crippen molar-refractivity contribution in [3.8, 4) is 0 Å². The third-order valence-electron chi connectivity index (χ3n) is 7.84. The van der Waals surface area contributed by atoms with Crippen LogP contribution in [0.2, 0.25) is 0 Å². The van der Waals surface area contributed by atoms with Crippen LogP contribution in [0, 0.1) is 0 Å². The molecule has 0 radical (unpaired) electrons. The Hall–Kier alpha value is -3.42. The van der Waals surface area contributed by atoms with Crippen LogP contribution in [0.25, 0.3) is 16.5 Å². The summed E-state index contributed by atoms with van der Waals surface area (Å²) in [4.78, 5) is 14.7. The minimum atomic E-state index is -0.129. The van der Waals surface area contributed by atoms with Gasteiger partial charge in [-0.05, 0) is 54.8 Å². The Balaban J connectivity index is 1.29. The topological polar surface area (TPSA) is 65.0 Å². The summed E-state index contributed by atoms with van der Waals surface area (Å²) in [7, 11) is 0. The second-order valence-corrected chi connectivity index (χ2v) is 10.6. The number of rotatable bonds is 6. The summed E-state index contributed by atoms with van der Waals surface area (Å²) in [6, 6.07) is 15.3. The highest BCUT2D eigenvalue weighted by Gasteiger charge is 2.31. The molecule has 2 N–H and O–H groups in total. The fourth-order valence-electron chi connectivity index (χ4n) is 5.92. The molecular formula is C31H38N6O. The second kappa shape index (κ2) is 10.8. The van der Waals surface area contributed by atoms with Crippen LogP contribution < -0.4 is 20.4 Å². The number of aliphatic imine (C=N–C) groups is 1. The summed E-state index contributed by atoms with van der Waals surface area (Å²) in [6.07, 6.45) is 3.88. The van der Waals surface area contributed by atoms with Crippen LogP contribution in [0.4, 0.5) is 17.1 Å². The fraction of sp³-hybridized carbons (Fsp3) is 0.419. The Bertz CT molecular complexity index is 1360. The largest absolute Gasteiger partial charge is 0.369 e. The minimum Gasteiger partial charge on any atom is -0.369 e. The van der Waals surface area contributed by atoms with Gasteiger partial charge in [0, 0.05) is 67.8 Å². The number of fused-ring (bicyclic) bond motifs is 2. The lowest BCUT2D eigenvalue weighted by molar-refractivity contribution is 0.0188. The number of nitrogens with zero attached hydrogens (tertiary/aromatic N) is 4. The van der Waals surface area contributed by atoms with Gasteiger partial charge in [-0.25, -0.2) is 4.99 Å². The first kappa shape index (κ1) is 24.9. The number of ether oxygens (including phenoxy) is 1. The molecule has 0 amide bonds. The number of amidine groups is 1. The molecular weight excluding hydrogens is 472 g/mol. The van der Waals surface area contributed by atoms with Crippen LogP contribution in [-0.2, 0) is 11.3 Å². The van der Waals surface area contributed by atoms with Gasteiger partial charge in [-0.1, -0.05) is 32.1 Å². The smallest absolute Gasteiger partial charge is 0.134 e. The first-order valence-corrected chi connectivity index (χ1v) is 14.0. The van der Waals surface area contributed by atoms with E-state index in [2.05, 4.69) is 77.3 Å². The van der Waals surface area contributed by atoms with E-state index in [1.807, 2.05) is 12.3 Å². The maximum Gasteiger partial charge on any atom is 0.134 e. The van der Waals surface area contributed by atoms with Gasteiger partial charge in [-0.3, -0.25) is 4.98 Å². The van der Waals surface area contributed by atoms with Gasteiger partial charge < -0.3 is 25.2 Å². The average molecular weight is 511 g/mol. The van der Waals surface area contributed by atoms with Crippen LogP contribution in [-0.4, -0.2) is 62.3 Å². The summed E-state index contributed by atoms with van der Waals surface area (Å²) in [5, 5.41) is 8.16. The normalized spacial score (nSPS) is 21.6. The van der Waals surface area contributed by atoms with Gasteiger partial charge in [-0.15, -0.1) is 0 Å². The lowest BCUT2D eigenvalue weighted by atomic mass is 9.98. The van der Waals surface area contributed by atoms with Gasteiger partial charge in [0.25, 0.3) is 0 Å². The summed E-state index contributed by atoms with van der Waals surface area (Å²) in [6.45, 7) is 15.1. The Kier molecular flexibility index (Phi) is 7.04. The van der Waals surface area contributed by atoms with Gasteiger partial charge in [0.05, 0.1) is 23.9 Å². The molecule has 7 nitrogen and oxygen atoms in total. The summed E-state index contributed by atoms with van der Waals surface area (Å²) < 4.78 is 6.46. The maximum atomic E-state index is 6.46. The molecule has 2 atom stereocenters. The number of anilines is 2. The van der Waals surface area contributed by atoms with Crippen molar-refractivity contribution >= 4 is 39.4 Å². The third kappa shape index (κ3) is 4.88. The van der Waals surface area contributed by atoms with Gasteiger partial charge in [0.2, 0.25) is 0 Å². The molecule has 0 aliphatic carbocycles. The Morgan fingerprint density at radius 3 is 2.82 bits per heavy atom. The molecule has 0 spiro atoms. The van der Waals surface area contributed by atoms with E-state index < -0.39 is 0 Å². The molecule has 6 rings (SSSR count). The Morgan fingerprint density at radius 1 is 1.11 bits per heavy atom. The van der Waals surface area contributed by atoms with Crippen molar-refractivity contribution in [2.24, 2.45) is 4.99 Å². The molecule has 2 fully saturated rings. The van der Waals surface area contributed by atoms with E-state index in [-0.39, 0.29) is 12.2 Å². The third-order valence-corrected chi connectivity index (χ3v) is 7.84. The van der Waals surface area contributed by atoms with E-state index in [9.17, 15) is 0 Å². The van der Waals surface area contributed by atoms with Crippen LogP contribution in [0.3, 0.4) is 0 Å². The van der Waals surface area contributed by atoms with Crippen molar-refractivity contribution in [3.05, 3.63) is 66.4 Å². The number of pyridine rings is 1. The summed E-state index contributed by atoms with van der Waals surface area (Å²) in [5.74, 6) is 0.918. The van der Waals surface area contributed by atoms with E-state index in [1.165, 1.54) is 22.3 Å². The SMILES string of the molecule is C=C(CCC)c1ccc(N2CC(C)OC(C3=Nc4cc(N5CCNCC5)ccc4CN3)C2)c2cccnc12. The number of aromatic nitrogens is 1. The highest BCUT2D eigenvalue weighted by atomic mass is 16.5. The predicted molar refractivity (Wildman–Crippen MR) is 158 cm³/mol. The quantitative estimate of drug-likeness (QED) is 0.493. The number of nitrogens with one attached hydrogen (secondary N) is 2. The molecule has 3 aromatic rings. The van der Waals surface area contributed by atoms with Gasteiger partial charge in [0.15, 0.2) is 0 Å². The van der Waals surface area contributed by atoms with Crippen molar-refractivity contribution in [2.45, 2.75) is 45.4 Å². The van der Waals surface area contributed by atoms with Crippen LogP contribution in [0.1, 0.15) is 37.8 Å². The average Bonchev–Trinajstić information content (AvgIpc) is 2.96. The van der Waals surface area contributed by atoms with Gasteiger partial charge >= 0.3 is 0 Å². The van der Waals surface area contributed by atoms with Crippen molar-refractivity contribution in [2.75, 3.05) is 49.1 Å². The highest BCUT2D eigenvalue weighted by molar-refractivity contribution is 5.99. The molecule has 0 saturated carbocycles. The van der Waals surface area contributed by atoms with Gasteiger partial charge in [-0.2, -0.15) is 0 Å². The fourth-order valence-corrected chi connectivity index (χ4v) is 5.92. The van der Waals surface area contributed by atoms with Crippen LogP contribution >= 0.6 is 0 Å². The molecule has 3 aliphatic rings. The van der Waals surface area contributed by atoms with E-state index in [4.69, 9.17) is 14.7 Å². The molecule has 2 saturated heterocycles. The lowest BCUT2D eigenvalue weighted by Gasteiger charge is -2.40. The predicted octanol–water partition coefficient (Wildman–Crippen LogP) is 4.88. The number of piperazine rings is 1. The van der Waals surface area contributed by atoms with E-state index in [0.717, 1.165) is 86.8 Å². The number of morpholine rings is 1. The number of allylic oxidation sites excluding steroid dienone is 1. The monoisotopic (exact) mass is 510 g/mol. The Morgan fingerprint density at radius 2 is 1.97 bits per heavy atom. The van der Waals surface area contributed by atoms with E-state index in [0.29, 0.717) is 0 Å². The van der Waals surface area contributed by atoms with Crippen molar-refractivity contribution in [3.63, 3.8) is 0 Å². The molecule has 4 heterocycles. The van der Waals surface area contributed by atoms with E-state index in [1.54, 1.807) is 0 Å². The van der Waals surface area contributed by atoms with Gasteiger partial charge in [0.1, 0.15) is 11.9 Å². The standard InChI is InChI=1S/C31H38N6O/c1-4-6-21(2)25-10-11-28(26-7-5-12-33-30(25)26)37-19-22(3)38-29(20-37)31-34-18-23-8-9-24(17-27(23)35-31)36-15-13-32-14-16-36/h5,7-12,17,22,29,32H,2,4,6,13-16,18-20H2,1,3H3,(H,34,35). The zero-order chi connectivity index (χ0) is 26.1. The first-order chi connectivity index (χ1) is 18.6. The molecule has 2 aromatic carbocycles. The molecule has 3 aliphatic heterocycles. The second-order valence-electron chi connectivity index (χ2n) is 10.6. The highest BCUT2D eigenvalue weighted by Crippen LogP contribution is 2.35. The zero-order valence-electron chi connectivity index (χ0n) is 22.5. The Labute approximate surface area is 225 Å². The van der Waals surface area contributed by atoms with E-state index >= 15 is 0 Å². The van der Waals surface area contributed by atoms with Crippen molar-refractivity contribution in [1.82, 2.24) is 15.6 Å². The number of benzene rings is 2. The zero-order valence-corrected chi connectivity index (χ0v) is 22.5. The summed E-state index contributed by atoms with van der Waals surface area (Å²) >= 11 is 0. The summed E-state index contributed by atoms with van der Waals surface area (Å²) in [5.41, 5.74) is 8.05. The molecule has 2 unspecified atom stereocenters. The minimum absolute atomic E-state index is 0.0771. The molecule has 1 aromatic heterocycles. The lowest BCUT2D eigenvalue weighted by Crippen LogP contribution is -2.53. The number of hydrogen-bond donors (Lipinski definition) is 2.